The van der Waals surface area contributed by atoms with E-state index in [4.69, 9.17) is 4.74 Å². The average Bonchev–Trinajstić information content (AvgIpc) is 2.58. The quantitative estimate of drug-likeness (QED) is 0.655. The molecule has 4 heteroatoms. The van der Waals surface area contributed by atoms with Gasteiger partial charge in [0.2, 0.25) is 0 Å². The molecule has 3 aromatic rings. The molecule has 4 nitrogen and oxygen atoms in total. The van der Waals surface area contributed by atoms with Crippen LogP contribution >= 0.6 is 0 Å². The average molecular weight is 294 g/mol. The van der Waals surface area contributed by atoms with Crippen molar-refractivity contribution < 1.29 is 4.74 Å². The number of unbranched alkanes of at least 4 members (excludes halogenated alkanes) is 1. The van der Waals surface area contributed by atoms with Crippen LogP contribution < -0.4 is 10.3 Å². The summed E-state index contributed by atoms with van der Waals surface area (Å²) in [5.41, 5.74) is 0.769. The highest BCUT2D eigenvalue weighted by Gasteiger charge is 2.02. The van der Waals surface area contributed by atoms with E-state index in [1.165, 1.54) is 0 Å². The zero-order chi connectivity index (χ0) is 15.2. The van der Waals surface area contributed by atoms with Gasteiger partial charge in [0, 0.05) is 6.54 Å². The van der Waals surface area contributed by atoms with E-state index >= 15 is 0 Å². The molecule has 112 valence electrons. The minimum absolute atomic E-state index is 0.0228. The van der Waals surface area contributed by atoms with E-state index in [1.54, 1.807) is 10.9 Å². The highest BCUT2D eigenvalue weighted by atomic mass is 16.5. The molecule has 1 aromatic heterocycles. The Morgan fingerprint density at radius 1 is 0.955 bits per heavy atom. The maximum Gasteiger partial charge on any atom is 0.261 e. The van der Waals surface area contributed by atoms with Gasteiger partial charge in [-0.3, -0.25) is 9.36 Å². The first-order chi connectivity index (χ1) is 10.8. The molecule has 0 amide bonds. The summed E-state index contributed by atoms with van der Waals surface area (Å²) in [6.07, 6.45) is 3.41. The van der Waals surface area contributed by atoms with Crippen molar-refractivity contribution in [2.45, 2.75) is 19.4 Å². The molecular weight excluding hydrogens is 276 g/mol. The van der Waals surface area contributed by atoms with Gasteiger partial charge in [0.05, 0.1) is 23.8 Å². The van der Waals surface area contributed by atoms with Crippen LogP contribution in [0.15, 0.2) is 65.7 Å². The van der Waals surface area contributed by atoms with E-state index in [1.807, 2.05) is 54.6 Å². The van der Waals surface area contributed by atoms with Crippen LogP contribution in [0.5, 0.6) is 5.75 Å². The molecule has 0 unspecified atom stereocenters. The fraction of sp³-hybridized carbons (Fsp3) is 0.222. The minimum Gasteiger partial charge on any atom is -0.494 e. The largest absolute Gasteiger partial charge is 0.494 e. The van der Waals surface area contributed by atoms with Crippen LogP contribution in [-0.2, 0) is 6.54 Å². The van der Waals surface area contributed by atoms with Gasteiger partial charge in [0.1, 0.15) is 5.75 Å². The summed E-state index contributed by atoms with van der Waals surface area (Å²) in [4.78, 5) is 16.6. The second-order valence-electron chi connectivity index (χ2n) is 5.13. The van der Waals surface area contributed by atoms with Crippen LogP contribution in [-0.4, -0.2) is 16.2 Å². The SMILES string of the molecule is O=c1c2ccccc2ncn1CCCCOc1ccccc1. The molecule has 22 heavy (non-hydrogen) atoms. The Bertz CT molecular complexity index is 797. The van der Waals surface area contributed by atoms with E-state index in [9.17, 15) is 4.79 Å². The number of hydrogen-bond donors (Lipinski definition) is 0. The number of para-hydroxylation sites is 2. The highest BCUT2D eigenvalue weighted by molar-refractivity contribution is 5.76. The van der Waals surface area contributed by atoms with E-state index < -0.39 is 0 Å². The topological polar surface area (TPSA) is 44.1 Å². The molecular formula is C18H18N2O2. The fourth-order valence-corrected chi connectivity index (χ4v) is 2.36. The van der Waals surface area contributed by atoms with Crippen molar-refractivity contribution in [2.24, 2.45) is 0 Å². The molecule has 0 spiro atoms. The van der Waals surface area contributed by atoms with Crippen LogP contribution in [0.1, 0.15) is 12.8 Å². The lowest BCUT2D eigenvalue weighted by atomic mass is 10.2. The van der Waals surface area contributed by atoms with E-state index in [0.717, 1.165) is 24.1 Å². The molecule has 0 N–H and O–H groups in total. The summed E-state index contributed by atoms with van der Waals surface area (Å²) in [7, 11) is 0. The first-order valence-electron chi connectivity index (χ1n) is 7.46. The monoisotopic (exact) mass is 294 g/mol. The molecule has 0 atom stereocenters. The Balaban J connectivity index is 1.54. The smallest absolute Gasteiger partial charge is 0.261 e. The normalized spacial score (nSPS) is 10.7. The molecule has 0 aliphatic rings. The Labute approximate surface area is 129 Å². The third kappa shape index (κ3) is 3.34. The number of aromatic nitrogens is 2. The molecule has 0 bridgehead atoms. The fourth-order valence-electron chi connectivity index (χ4n) is 2.36. The van der Waals surface area contributed by atoms with Gasteiger partial charge in [0.25, 0.3) is 5.56 Å². The van der Waals surface area contributed by atoms with E-state index in [2.05, 4.69) is 4.98 Å². The lowest BCUT2D eigenvalue weighted by Gasteiger charge is -2.08. The highest BCUT2D eigenvalue weighted by Crippen LogP contribution is 2.09. The number of ether oxygens (including phenoxy) is 1. The molecule has 1 heterocycles. The number of fused-ring (bicyclic) bond motifs is 1. The van der Waals surface area contributed by atoms with Crippen molar-refractivity contribution in [3.8, 4) is 5.75 Å². The van der Waals surface area contributed by atoms with Gasteiger partial charge < -0.3 is 4.74 Å². The first-order valence-corrected chi connectivity index (χ1v) is 7.46. The van der Waals surface area contributed by atoms with Crippen molar-refractivity contribution in [3.05, 3.63) is 71.3 Å². The standard InChI is InChI=1S/C18H18N2O2/c21-18-16-10-4-5-11-17(16)19-14-20(18)12-6-7-13-22-15-8-2-1-3-9-15/h1-5,8-11,14H,6-7,12-13H2. The summed E-state index contributed by atoms with van der Waals surface area (Å²) in [5.74, 6) is 0.882. The molecule has 2 aromatic carbocycles. The van der Waals surface area contributed by atoms with E-state index in [-0.39, 0.29) is 5.56 Å². The van der Waals surface area contributed by atoms with Crippen molar-refractivity contribution >= 4 is 10.9 Å². The number of hydrogen-bond acceptors (Lipinski definition) is 3. The summed E-state index contributed by atoms with van der Waals surface area (Å²) in [6.45, 7) is 1.31. The number of rotatable bonds is 6. The molecule has 3 rings (SSSR count). The molecule has 0 saturated carbocycles. The van der Waals surface area contributed by atoms with Crippen LogP contribution in [0, 0.1) is 0 Å². The van der Waals surface area contributed by atoms with Crippen LogP contribution in [0.2, 0.25) is 0 Å². The second kappa shape index (κ2) is 6.89. The zero-order valence-electron chi connectivity index (χ0n) is 12.3. The Morgan fingerprint density at radius 3 is 2.59 bits per heavy atom. The van der Waals surface area contributed by atoms with Crippen molar-refractivity contribution in [1.29, 1.82) is 0 Å². The number of aryl methyl sites for hydroxylation is 1. The summed E-state index contributed by atoms with van der Waals surface area (Å²) in [5, 5.41) is 0.672. The Morgan fingerprint density at radius 2 is 1.73 bits per heavy atom. The van der Waals surface area contributed by atoms with Gasteiger partial charge in [-0.05, 0) is 37.1 Å². The Kier molecular flexibility index (Phi) is 4.49. The predicted octanol–water partition coefficient (Wildman–Crippen LogP) is 3.26. The van der Waals surface area contributed by atoms with Gasteiger partial charge >= 0.3 is 0 Å². The summed E-state index contributed by atoms with van der Waals surface area (Å²) in [6, 6.07) is 17.2. The van der Waals surface area contributed by atoms with Crippen LogP contribution in [0.4, 0.5) is 0 Å². The third-order valence-corrected chi connectivity index (χ3v) is 3.54. The zero-order valence-corrected chi connectivity index (χ0v) is 12.3. The van der Waals surface area contributed by atoms with Gasteiger partial charge in [-0.2, -0.15) is 0 Å². The van der Waals surface area contributed by atoms with Gasteiger partial charge in [-0.25, -0.2) is 4.98 Å². The van der Waals surface area contributed by atoms with Crippen LogP contribution in [0.3, 0.4) is 0 Å². The molecule has 0 aliphatic carbocycles. The molecule has 0 fully saturated rings. The molecule has 0 saturated heterocycles. The van der Waals surface area contributed by atoms with E-state index in [0.29, 0.717) is 18.5 Å². The number of benzene rings is 2. The van der Waals surface area contributed by atoms with Gasteiger partial charge in [-0.1, -0.05) is 30.3 Å². The first kappa shape index (κ1) is 14.3. The van der Waals surface area contributed by atoms with Crippen molar-refractivity contribution in [3.63, 3.8) is 0 Å². The second-order valence-corrected chi connectivity index (χ2v) is 5.13. The lowest BCUT2D eigenvalue weighted by Crippen LogP contribution is -2.20. The minimum atomic E-state index is 0.0228. The predicted molar refractivity (Wildman–Crippen MR) is 87.2 cm³/mol. The maximum atomic E-state index is 12.3. The summed E-state index contributed by atoms with van der Waals surface area (Å²) < 4.78 is 7.31. The lowest BCUT2D eigenvalue weighted by molar-refractivity contribution is 0.303. The third-order valence-electron chi connectivity index (χ3n) is 3.54. The maximum absolute atomic E-state index is 12.3. The summed E-state index contributed by atoms with van der Waals surface area (Å²) >= 11 is 0. The van der Waals surface area contributed by atoms with Crippen molar-refractivity contribution in [1.82, 2.24) is 9.55 Å². The van der Waals surface area contributed by atoms with Crippen LogP contribution in [0.25, 0.3) is 10.9 Å². The molecule has 0 radical (unpaired) electrons. The van der Waals surface area contributed by atoms with Gasteiger partial charge in [0.15, 0.2) is 0 Å². The van der Waals surface area contributed by atoms with Crippen molar-refractivity contribution in [2.75, 3.05) is 6.61 Å². The molecule has 0 aliphatic heterocycles. The Hall–Kier alpha value is -2.62. The number of nitrogens with zero attached hydrogens (tertiary/aromatic N) is 2. The van der Waals surface area contributed by atoms with Gasteiger partial charge in [-0.15, -0.1) is 0 Å².